The van der Waals surface area contributed by atoms with Crippen molar-refractivity contribution in [2.45, 2.75) is 17.7 Å². The second-order valence-corrected chi connectivity index (χ2v) is 6.65. The average molecular weight is 317 g/mol. The summed E-state index contributed by atoms with van der Waals surface area (Å²) in [5.41, 5.74) is -0.759. The van der Waals surface area contributed by atoms with E-state index in [2.05, 4.69) is 10.0 Å². The number of nitrogens with one attached hydrogen (secondary N) is 2. The summed E-state index contributed by atoms with van der Waals surface area (Å²) in [4.78, 5) is 9.42. The van der Waals surface area contributed by atoms with E-state index in [1.165, 1.54) is 0 Å². The van der Waals surface area contributed by atoms with Crippen LogP contribution in [0.3, 0.4) is 0 Å². The summed E-state index contributed by atoms with van der Waals surface area (Å²) in [5.74, 6) is -0.450. The molecule has 2 N–H and O–H groups in total. The van der Waals surface area contributed by atoms with Crippen molar-refractivity contribution < 1.29 is 17.7 Å². The fourth-order valence-electron chi connectivity index (χ4n) is 2.30. The van der Waals surface area contributed by atoms with Gasteiger partial charge in [0.2, 0.25) is 10.0 Å². The molecule has 0 spiro atoms. The fourth-order valence-corrected chi connectivity index (χ4v) is 3.49. The average Bonchev–Trinajstić information content (AvgIpc) is 2.91. The number of nitro groups is 1. The van der Waals surface area contributed by atoms with Gasteiger partial charge in [-0.05, 0) is 44.0 Å². The summed E-state index contributed by atoms with van der Waals surface area (Å²) in [5, 5.41) is 14.0. The van der Waals surface area contributed by atoms with Crippen LogP contribution >= 0.6 is 0 Å². The number of hydrogen-bond donors (Lipinski definition) is 2. The van der Waals surface area contributed by atoms with E-state index in [1.54, 1.807) is 0 Å². The van der Waals surface area contributed by atoms with Crippen molar-refractivity contribution in [2.75, 3.05) is 19.6 Å². The van der Waals surface area contributed by atoms with Crippen LogP contribution < -0.4 is 10.0 Å². The summed E-state index contributed by atoms with van der Waals surface area (Å²) in [6, 6.07) is 2.41. The van der Waals surface area contributed by atoms with Crippen molar-refractivity contribution >= 4 is 15.7 Å². The standard InChI is InChI=1S/C12H16FN3O4S/c13-10-1-2-12(11(7-10)16(17)18)21(19,20)15-6-4-9-3-5-14-8-9/h1-2,7,9,14-15H,3-6,8H2. The van der Waals surface area contributed by atoms with Crippen LogP contribution in [0.25, 0.3) is 0 Å². The molecular weight excluding hydrogens is 301 g/mol. The first-order valence-corrected chi connectivity index (χ1v) is 8.03. The predicted octanol–water partition coefficient (Wildman–Crippen LogP) is 1.01. The van der Waals surface area contributed by atoms with E-state index < -0.39 is 31.3 Å². The molecule has 7 nitrogen and oxygen atoms in total. The second kappa shape index (κ2) is 6.46. The van der Waals surface area contributed by atoms with Crippen LogP contribution in [0.15, 0.2) is 23.1 Å². The van der Waals surface area contributed by atoms with E-state index >= 15 is 0 Å². The normalized spacial score (nSPS) is 18.8. The lowest BCUT2D eigenvalue weighted by Gasteiger charge is -2.10. The van der Waals surface area contributed by atoms with Gasteiger partial charge in [0.15, 0.2) is 4.90 Å². The van der Waals surface area contributed by atoms with Crippen LogP contribution in [-0.4, -0.2) is 33.0 Å². The lowest BCUT2D eigenvalue weighted by molar-refractivity contribution is -0.388. The van der Waals surface area contributed by atoms with Crippen molar-refractivity contribution in [1.29, 1.82) is 0 Å². The first kappa shape index (κ1) is 15.8. The topological polar surface area (TPSA) is 101 Å². The molecule has 1 saturated heterocycles. The van der Waals surface area contributed by atoms with E-state index in [9.17, 15) is 22.9 Å². The highest BCUT2D eigenvalue weighted by atomic mass is 32.2. The van der Waals surface area contributed by atoms with Crippen LogP contribution in [0.5, 0.6) is 0 Å². The van der Waals surface area contributed by atoms with Gasteiger partial charge >= 0.3 is 0 Å². The van der Waals surface area contributed by atoms with Crippen LogP contribution in [0, 0.1) is 21.8 Å². The maximum Gasteiger partial charge on any atom is 0.292 e. The van der Waals surface area contributed by atoms with Crippen molar-refractivity contribution in [3.63, 3.8) is 0 Å². The Labute approximate surface area is 121 Å². The van der Waals surface area contributed by atoms with E-state index in [0.29, 0.717) is 18.4 Å². The van der Waals surface area contributed by atoms with Crippen LogP contribution in [-0.2, 0) is 10.0 Å². The monoisotopic (exact) mass is 317 g/mol. The van der Waals surface area contributed by atoms with Crippen molar-refractivity contribution in [1.82, 2.24) is 10.0 Å². The zero-order chi connectivity index (χ0) is 15.5. The van der Waals surface area contributed by atoms with Crippen molar-refractivity contribution in [3.05, 3.63) is 34.1 Å². The minimum absolute atomic E-state index is 0.198. The Morgan fingerprint density at radius 3 is 2.86 bits per heavy atom. The lowest BCUT2D eigenvalue weighted by Crippen LogP contribution is -2.27. The zero-order valence-corrected chi connectivity index (χ0v) is 12.0. The van der Waals surface area contributed by atoms with Gasteiger partial charge in [-0.3, -0.25) is 10.1 Å². The Balaban J connectivity index is 2.09. The van der Waals surface area contributed by atoms with Gasteiger partial charge in [-0.15, -0.1) is 0 Å². The molecule has 21 heavy (non-hydrogen) atoms. The third kappa shape index (κ3) is 3.96. The van der Waals surface area contributed by atoms with Gasteiger partial charge in [0, 0.05) is 6.54 Å². The highest BCUT2D eigenvalue weighted by Crippen LogP contribution is 2.24. The number of halogens is 1. The first-order chi connectivity index (χ1) is 9.90. The third-order valence-electron chi connectivity index (χ3n) is 3.41. The predicted molar refractivity (Wildman–Crippen MR) is 73.8 cm³/mol. The molecule has 0 radical (unpaired) electrons. The largest absolute Gasteiger partial charge is 0.316 e. The molecular formula is C12H16FN3O4S. The number of benzene rings is 1. The maximum absolute atomic E-state index is 13.0. The van der Waals surface area contributed by atoms with Crippen LogP contribution in [0.2, 0.25) is 0 Å². The Hall–Kier alpha value is -1.58. The molecule has 2 rings (SSSR count). The smallest absolute Gasteiger partial charge is 0.292 e. The highest BCUT2D eigenvalue weighted by molar-refractivity contribution is 7.89. The van der Waals surface area contributed by atoms with E-state index in [4.69, 9.17) is 0 Å². The minimum Gasteiger partial charge on any atom is -0.316 e. The molecule has 9 heteroatoms. The molecule has 0 amide bonds. The molecule has 0 bridgehead atoms. The van der Waals surface area contributed by atoms with Crippen molar-refractivity contribution in [2.24, 2.45) is 5.92 Å². The van der Waals surface area contributed by atoms with Gasteiger partial charge in [-0.25, -0.2) is 17.5 Å². The molecule has 0 aliphatic carbocycles. The van der Waals surface area contributed by atoms with E-state index in [1.807, 2.05) is 0 Å². The molecule has 1 aromatic rings. The number of hydrogen-bond acceptors (Lipinski definition) is 5. The number of nitro benzene ring substituents is 1. The van der Waals surface area contributed by atoms with Gasteiger partial charge in [0.25, 0.3) is 5.69 Å². The highest BCUT2D eigenvalue weighted by Gasteiger charge is 2.26. The Morgan fingerprint density at radius 1 is 1.48 bits per heavy atom. The summed E-state index contributed by atoms with van der Waals surface area (Å²) in [7, 11) is -4.02. The van der Waals surface area contributed by atoms with Gasteiger partial charge in [-0.2, -0.15) is 0 Å². The lowest BCUT2D eigenvalue weighted by atomic mass is 10.1. The Morgan fingerprint density at radius 2 is 2.24 bits per heavy atom. The summed E-state index contributed by atoms with van der Waals surface area (Å²) >= 11 is 0. The molecule has 1 atom stereocenters. The van der Waals surface area contributed by atoms with E-state index in [-0.39, 0.29) is 6.54 Å². The number of nitrogens with zero attached hydrogens (tertiary/aromatic N) is 1. The van der Waals surface area contributed by atoms with E-state index in [0.717, 1.165) is 31.6 Å². The molecule has 1 aliphatic heterocycles. The third-order valence-corrected chi connectivity index (χ3v) is 4.92. The second-order valence-electron chi connectivity index (χ2n) is 4.91. The summed E-state index contributed by atoms with van der Waals surface area (Å²) in [6.45, 7) is 1.96. The maximum atomic E-state index is 13.0. The van der Waals surface area contributed by atoms with Gasteiger partial charge in [-0.1, -0.05) is 0 Å². The SMILES string of the molecule is O=[N+]([O-])c1cc(F)ccc1S(=O)(=O)NCCC1CCNC1. The minimum atomic E-state index is -4.02. The first-order valence-electron chi connectivity index (χ1n) is 6.54. The Bertz CT molecular complexity index is 629. The van der Waals surface area contributed by atoms with Gasteiger partial charge < -0.3 is 5.32 Å². The number of sulfonamides is 1. The quantitative estimate of drug-likeness (QED) is 0.602. The Kier molecular flexibility index (Phi) is 4.86. The molecule has 1 unspecified atom stereocenters. The van der Waals surface area contributed by atoms with Crippen LogP contribution in [0.1, 0.15) is 12.8 Å². The van der Waals surface area contributed by atoms with Crippen molar-refractivity contribution in [3.8, 4) is 0 Å². The molecule has 1 heterocycles. The molecule has 0 saturated carbocycles. The molecule has 0 aromatic heterocycles. The molecule has 1 aromatic carbocycles. The number of rotatable bonds is 6. The zero-order valence-electron chi connectivity index (χ0n) is 11.2. The van der Waals surface area contributed by atoms with Gasteiger partial charge in [0.1, 0.15) is 5.82 Å². The molecule has 1 aliphatic rings. The van der Waals surface area contributed by atoms with Crippen LogP contribution in [0.4, 0.5) is 10.1 Å². The molecule has 116 valence electrons. The molecule has 1 fully saturated rings. The summed E-state index contributed by atoms with van der Waals surface area (Å²) in [6.07, 6.45) is 1.64. The summed E-state index contributed by atoms with van der Waals surface area (Å²) < 4.78 is 39.5. The fraction of sp³-hybridized carbons (Fsp3) is 0.500. The van der Waals surface area contributed by atoms with Gasteiger partial charge in [0.05, 0.1) is 11.0 Å².